The lowest BCUT2D eigenvalue weighted by Gasteiger charge is -2.08. The van der Waals surface area contributed by atoms with Crippen molar-refractivity contribution in [2.45, 2.75) is 19.8 Å². The molecule has 5 rings (SSSR count). The van der Waals surface area contributed by atoms with E-state index in [1.165, 1.54) is 6.26 Å². The fraction of sp³-hybridized carbons (Fsp3) is 0.111. The van der Waals surface area contributed by atoms with Gasteiger partial charge in [0.1, 0.15) is 5.78 Å². The van der Waals surface area contributed by atoms with Crippen molar-refractivity contribution in [3.63, 3.8) is 0 Å². The number of amides is 1. The fourth-order valence-corrected chi connectivity index (χ4v) is 4.15. The summed E-state index contributed by atoms with van der Waals surface area (Å²) in [6.45, 7) is 1.59. The van der Waals surface area contributed by atoms with Crippen LogP contribution in [0.3, 0.4) is 0 Å². The van der Waals surface area contributed by atoms with Crippen LogP contribution in [-0.2, 0) is 17.6 Å². The van der Waals surface area contributed by atoms with E-state index in [1.54, 1.807) is 37.4 Å². The average molecular weight is 470 g/mol. The molecular formula is C27H20ClN3O3. The van der Waals surface area contributed by atoms with E-state index < -0.39 is 0 Å². The quantitative estimate of drug-likeness (QED) is 0.372. The van der Waals surface area contributed by atoms with Gasteiger partial charge in [-0.1, -0.05) is 35.9 Å². The van der Waals surface area contributed by atoms with Crippen molar-refractivity contribution in [2.75, 3.05) is 5.32 Å². The SMILES string of the molecule is CC(=O)Cc1ccc(-c2cnc3c(c2)CC(c2cc(NC(=O)c4ccco4)ccc2Cl)=N3)cc1. The Morgan fingerprint density at radius 3 is 2.62 bits per heavy atom. The van der Waals surface area contributed by atoms with Gasteiger partial charge in [0.2, 0.25) is 0 Å². The number of aliphatic imine (C=N–C) groups is 1. The molecule has 168 valence electrons. The molecule has 0 spiro atoms. The van der Waals surface area contributed by atoms with Crippen LogP contribution >= 0.6 is 11.6 Å². The first-order valence-corrected chi connectivity index (χ1v) is 11.1. The molecule has 0 radical (unpaired) electrons. The van der Waals surface area contributed by atoms with Crippen molar-refractivity contribution in [1.82, 2.24) is 4.98 Å². The van der Waals surface area contributed by atoms with Crippen LogP contribution in [0.2, 0.25) is 5.02 Å². The number of nitrogens with zero attached hydrogens (tertiary/aromatic N) is 2. The summed E-state index contributed by atoms with van der Waals surface area (Å²) in [5.41, 5.74) is 6.12. The fourth-order valence-electron chi connectivity index (χ4n) is 3.92. The number of anilines is 1. The van der Waals surface area contributed by atoms with Gasteiger partial charge in [0.25, 0.3) is 5.91 Å². The Hall–Kier alpha value is -4.03. The lowest BCUT2D eigenvalue weighted by atomic mass is 10.00. The van der Waals surface area contributed by atoms with Gasteiger partial charge in [-0.3, -0.25) is 9.59 Å². The number of nitrogens with one attached hydrogen (secondary N) is 1. The second-order valence-corrected chi connectivity index (χ2v) is 8.55. The largest absolute Gasteiger partial charge is 0.459 e. The van der Waals surface area contributed by atoms with E-state index in [9.17, 15) is 9.59 Å². The van der Waals surface area contributed by atoms with Crippen LogP contribution in [0.15, 0.2) is 82.5 Å². The van der Waals surface area contributed by atoms with Gasteiger partial charge in [0, 0.05) is 46.4 Å². The van der Waals surface area contributed by atoms with Crippen LogP contribution in [0.1, 0.15) is 34.2 Å². The molecule has 4 aromatic rings. The molecule has 0 fully saturated rings. The summed E-state index contributed by atoms with van der Waals surface area (Å²) < 4.78 is 5.15. The van der Waals surface area contributed by atoms with Crippen molar-refractivity contribution in [3.05, 3.63) is 101 Å². The Kier molecular flexibility index (Phi) is 5.82. The second kappa shape index (κ2) is 9.08. The van der Waals surface area contributed by atoms with E-state index in [1.807, 2.05) is 30.3 Å². The van der Waals surface area contributed by atoms with Crippen LogP contribution < -0.4 is 5.32 Å². The molecule has 1 aliphatic rings. The lowest BCUT2D eigenvalue weighted by Crippen LogP contribution is -2.11. The van der Waals surface area contributed by atoms with Crippen molar-refractivity contribution in [3.8, 4) is 11.1 Å². The molecule has 0 atom stereocenters. The second-order valence-electron chi connectivity index (χ2n) is 8.14. The maximum Gasteiger partial charge on any atom is 0.291 e. The van der Waals surface area contributed by atoms with Gasteiger partial charge in [-0.15, -0.1) is 0 Å². The number of furan rings is 1. The van der Waals surface area contributed by atoms with Gasteiger partial charge in [-0.2, -0.15) is 0 Å². The summed E-state index contributed by atoms with van der Waals surface area (Å²) in [7, 11) is 0. The van der Waals surface area contributed by atoms with Crippen LogP contribution in [0.25, 0.3) is 11.1 Å². The molecule has 1 amide bonds. The Morgan fingerprint density at radius 1 is 1.06 bits per heavy atom. The number of hydrogen-bond donors (Lipinski definition) is 1. The van der Waals surface area contributed by atoms with Crippen LogP contribution in [0.5, 0.6) is 0 Å². The van der Waals surface area contributed by atoms with Crippen LogP contribution in [0, 0.1) is 0 Å². The summed E-state index contributed by atoms with van der Waals surface area (Å²) in [5, 5.41) is 3.37. The zero-order valence-corrected chi connectivity index (χ0v) is 19.1. The van der Waals surface area contributed by atoms with Crippen molar-refractivity contribution >= 4 is 40.5 Å². The topological polar surface area (TPSA) is 84.6 Å². The third-order valence-electron chi connectivity index (χ3n) is 5.56. The number of rotatable bonds is 6. The molecule has 7 heteroatoms. The van der Waals surface area contributed by atoms with Crippen molar-refractivity contribution in [1.29, 1.82) is 0 Å². The third kappa shape index (κ3) is 4.54. The van der Waals surface area contributed by atoms with E-state index in [0.717, 1.165) is 33.5 Å². The molecule has 3 heterocycles. The number of carbonyl (C=O) groups is 2. The van der Waals surface area contributed by atoms with Gasteiger partial charge in [-0.25, -0.2) is 9.98 Å². The number of Topliss-reactive ketones (excluding diaryl/α,β-unsaturated/α-hetero) is 1. The molecule has 0 aliphatic carbocycles. The van der Waals surface area contributed by atoms with Gasteiger partial charge < -0.3 is 9.73 Å². The molecule has 0 bridgehead atoms. The molecule has 0 unspecified atom stereocenters. The molecule has 34 heavy (non-hydrogen) atoms. The van der Waals surface area contributed by atoms with E-state index in [4.69, 9.17) is 16.0 Å². The zero-order valence-electron chi connectivity index (χ0n) is 18.3. The highest BCUT2D eigenvalue weighted by Crippen LogP contribution is 2.33. The highest BCUT2D eigenvalue weighted by atomic mass is 35.5. The van der Waals surface area contributed by atoms with Gasteiger partial charge in [0.15, 0.2) is 11.6 Å². The predicted molar refractivity (Wildman–Crippen MR) is 132 cm³/mol. The molecule has 0 saturated heterocycles. The summed E-state index contributed by atoms with van der Waals surface area (Å²) in [6.07, 6.45) is 4.26. The summed E-state index contributed by atoms with van der Waals surface area (Å²) in [4.78, 5) is 32.9. The molecule has 6 nitrogen and oxygen atoms in total. The highest BCUT2D eigenvalue weighted by Gasteiger charge is 2.21. The smallest absolute Gasteiger partial charge is 0.291 e. The normalized spacial score (nSPS) is 12.2. The minimum absolute atomic E-state index is 0.139. The average Bonchev–Trinajstić information content (AvgIpc) is 3.50. The van der Waals surface area contributed by atoms with Crippen molar-refractivity contribution in [2.24, 2.45) is 4.99 Å². The van der Waals surface area contributed by atoms with E-state index in [2.05, 4.69) is 21.4 Å². The summed E-state index contributed by atoms with van der Waals surface area (Å²) in [6, 6.07) is 18.6. The van der Waals surface area contributed by atoms with Gasteiger partial charge in [0.05, 0.1) is 12.0 Å². The first-order chi connectivity index (χ1) is 16.5. The molecule has 1 N–H and O–H groups in total. The van der Waals surface area contributed by atoms with E-state index in [-0.39, 0.29) is 17.5 Å². The van der Waals surface area contributed by atoms with Crippen LogP contribution in [0.4, 0.5) is 11.5 Å². The summed E-state index contributed by atoms with van der Waals surface area (Å²) in [5.74, 6) is 0.691. The Morgan fingerprint density at radius 2 is 1.88 bits per heavy atom. The maximum absolute atomic E-state index is 12.3. The molecule has 1 aliphatic heterocycles. The Balaban J connectivity index is 1.36. The lowest BCUT2D eigenvalue weighted by molar-refractivity contribution is -0.116. The number of carbonyl (C=O) groups excluding carboxylic acids is 2. The Bertz CT molecular complexity index is 1420. The first-order valence-electron chi connectivity index (χ1n) is 10.8. The zero-order chi connectivity index (χ0) is 23.7. The minimum Gasteiger partial charge on any atom is -0.459 e. The molecule has 2 aromatic carbocycles. The monoisotopic (exact) mass is 469 g/mol. The van der Waals surface area contributed by atoms with Gasteiger partial charge in [-0.05, 0) is 54.4 Å². The number of aromatic nitrogens is 1. The predicted octanol–water partition coefficient (Wildman–Crippen LogP) is 6.06. The first kappa shape index (κ1) is 21.8. The molecular weight excluding hydrogens is 450 g/mol. The van der Waals surface area contributed by atoms with E-state index >= 15 is 0 Å². The van der Waals surface area contributed by atoms with Crippen LogP contribution in [-0.4, -0.2) is 22.4 Å². The summed E-state index contributed by atoms with van der Waals surface area (Å²) >= 11 is 6.48. The number of benzene rings is 2. The number of hydrogen-bond acceptors (Lipinski definition) is 5. The maximum atomic E-state index is 12.3. The molecule has 0 saturated carbocycles. The standard InChI is InChI=1S/C27H20ClN3O3/c1-16(32)11-17-4-6-18(7-5-17)20-12-19-13-24(31-26(19)29-15-20)22-14-21(8-9-23(22)28)30-27(33)25-3-2-10-34-25/h2-10,12,14-15H,11,13H2,1H3,(H,30,33). The number of pyridine rings is 1. The minimum atomic E-state index is -0.337. The number of ketones is 1. The van der Waals surface area contributed by atoms with Gasteiger partial charge >= 0.3 is 0 Å². The molecule has 2 aromatic heterocycles. The number of fused-ring (bicyclic) bond motifs is 1. The highest BCUT2D eigenvalue weighted by molar-refractivity contribution is 6.34. The van der Waals surface area contributed by atoms with E-state index in [0.29, 0.717) is 29.4 Å². The third-order valence-corrected chi connectivity index (χ3v) is 5.89. The van der Waals surface area contributed by atoms with Crippen molar-refractivity contribution < 1.29 is 14.0 Å². The Labute approximate surface area is 201 Å². The number of halogens is 1.